The molecule has 84 valence electrons. The summed E-state index contributed by atoms with van der Waals surface area (Å²) in [6.07, 6.45) is -1.93. The highest BCUT2D eigenvalue weighted by Gasteiger charge is 2.20. The van der Waals surface area contributed by atoms with Crippen molar-refractivity contribution in [3.8, 4) is 0 Å². The van der Waals surface area contributed by atoms with E-state index in [1.54, 1.807) is 0 Å². The molecule has 1 rings (SSSR count). The third-order valence-electron chi connectivity index (χ3n) is 1.84. The predicted octanol–water partition coefficient (Wildman–Crippen LogP) is 1.06. The van der Waals surface area contributed by atoms with Crippen LogP contribution in [0.15, 0.2) is 0 Å². The second kappa shape index (κ2) is 5.50. The molecule has 1 aromatic heterocycles. The van der Waals surface area contributed by atoms with Gasteiger partial charge in [0.15, 0.2) is 12.0 Å². The van der Waals surface area contributed by atoms with Crippen LogP contribution in [0.2, 0.25) is 0 Å². The Labute approximate surface area is 85.0 Å². The van der Waals surface area contributed by atoms with E-state index in [-0.39, 0.29) is 18.5 Å². The van der Waals surface area contributed by atoms with E-state index in [2.05, 4.69) is 10.3 Å². The molecule has 0 aromatic carbocycles. The van der Waals surface area contributed by atoms with Gasteiger partial charge in [0.05, 0.1) is 0 Å². The first kappa shape index (κ1) is 11.7. The van der Waals surface area contributed by atoms with Crippen molar-refractivity contribution in [3.63, 3.8) is 0 Å². The number of nitrogens with zero attached hydrogens (tertiary/aromatic N) is 3. The number of rotatable bonds is 6. The number of carbonyl (C=O) groups excluding carboxylic acids is 1. The number of hydrogen-bond acceptors (Lipinski definition) is 4. The van der Waals surface area contributed by atoms with Crippen molar-refractivity contribution in [2.24, 2.45) is 0 Å². The lowest BCUT2D eigenvalue weighted by Gasteiger charge is -2.04. The zero-order chi connectivity index (χ0) is 11.3. The molecule has 15 heavy (non-hydrogen) atoms. The van der Waals surface area contributed by atoms with Gasteiger partial charge in [-0.2, -0.15) is 0 Å². The second-order valence-corrected chi connectivity index (χ2v) is 2.85. The van der Waals surface area contributed by atoms with E-state index in [9.17, 15) is 13.6 Å². The van der Waals surface area contributed by atoms with Gasteiger partial charge in [-0.25, -0.2) is 13.5 Å². The van der Waals surface area contributed by atoms with Crippen molar-refractivity contribution in [1.29, 1.82) is 0 Å². The molecule has 1 aromatic rings. The minimum absolute atomic E-state index is 0.258. The zero-order valence-corrected chi connectivity index (χ0v) is 8.19. The van der Waals surface area contributed by atoms with Gasteiger partial charge in [-0.15, -0.1) is 5.10 Å². The number of hydrogen-bond donors (Lipinski definition) is 0. The first-order valence-corrected chi connectivity index (χ1v) is 4.36. The van der Waals surface area contributed by atoms with Gasteiger partial charge in [0.25, 0.3) is 6.43 Å². The Hall–Kier alpha value is -1.37. The summed E-state index contributed by atoms with van der Waals surface area (Å²) < 4.78 is 30.9. The average Bonchev–Trinajstić information content (AvgIpc) is 2.61. The average molecular weight is 219 g/mol. The maximum Gasteiger partial charge on any atom is 0.282 e. The van der Waals surface area contributed by atoms with Crippen molar-refractivity contribution in [2.45, 2.75) is 19.4 Å². The van der Waals surface area contributed by atoms with E-state index in [1.807, 2.05) is 0 Å². The van der Waals surface area contributed by atoms with E-state index in [0.29, 0.717) is 13.0 Å². The van der Waals surface area contributed by atoms with E-state index in [1.165, 1.54) is 7.11 Å². The van der Waals surface area contributed by atoms with Crippen LogP contribution in [0.4, 0.5) is 8.78 Å². The normalized spacial score (nSPS) is 10.9. The van der Waals surface area contributed by atoms with E-state index in [0.717, 1.165) is 4.68 Å². The Morgan fingerprint density at radius 1 is 1.60 bits per heavy atom. The van der Waals surface area contributed by atoms with Gasteiger partial charge in [0.2, 0.25) is 0 Å². The van der Waals surface area contributed by atoms with Crippen LogP contribution in [0.25, 0.3) is 0 Å². The molecule has 1 heterocycles. The lowest BCUT2D eigenvalue weighted by atomic mass is 10.3. The summed E-state index contributed by atoms with van der Waals surface area (Å²) in [5, 5.41) is 6.84. The topological polar surface area (TPSA) is 57.0 Å². The summed E-state index contributed by atoms with van der Waals surface area (Å²) in [6.45, 7) is 0.702. The van der Waals surface area contributed by atoms with Crippen LogP contribution in [0.1, 0.15) is 29.0 Å². The predicted molar refractivity (Wildman–Crippen MR) is 46.9 cm³/mol. The molecule has 0 aliphatic carbocycles. The molecule has 0 spiro atoms. The van der Waals surface area contributed by atoms with Crippen LogP contribution < -0.4 is 0 Å². The first-order valence-electron chi connectivity index (χ1n) is 4.36. The van der Waals surface area contributed by atoms with E-state index >= 15 is 0 Å². The number of aldehydes is 1. The van der Waals surface area contributed by atoms with Crippen LogP contribution in [0, 0.1) is 0 Å². The quantitative estimate of drug-likeness (QED) is 0.530. The molecule has 0 N–H and O–H groups in total. The number of alkyl halides is 2. The Kier molecular flexibility index (Phi) is 4.29. The Morgan fingerprint density at radius 2 is 2.33 bits per heavy atom. The van der Waals surface area contributed by atoms with Gasteiger partial charge in [-0.1, -0.05) is 5.21 Å². The third kappa shape index (κ3) is 2.79. The van der Waals surface area contributed by atoms with Gasteiger partial charge in [0.1, 0.15) is 5.69 Å². The van der Waals surface area contributed by atoms with Crippen LogP contribution in [0.3, 0.4) is 0 Å². The summed E-state index contributed by atoms with van der Waals surface area (Å²) in [4.78, 5) is 10.4. The number of halogens is 2. The van der Waals surface area contributed by atoms with Crippen LogP contribution in [-0.2, 0) is 11.3 Å². The second-order valence-electron chi connectivity index (χ2n) is 2.85. The first-order chi connectivity index (χ1) is 7.20. The van der Waals surface area contributed by atoms with Crippen molar-refractivity contribution < 1.29 is 18.3 Å². The molecule has 0 saturated heterocycles. The lowest BCUT2D eigenvalue weighted by molar-refractivity contribution is 0.109. The Bertz CT molecular complexity index is 328. The van der Waals surface area contributed by atoms with Gasteiger partial charge in [0, 0.05) is 20.3 Å². The number of aryl methyl sites for hydroxylation is 1. The van der Waals surface area contributed by atoms with Gasteiger partial charge < -0.3 is 4.74 Å². The molecule has 0 aliphatic heterocycles. The fourth-order valence-electron chi connectivity index (χ4n) is 1.17. The minimum Gasteiger partial charge on any atom is -0.385 e. The maximum atomic E-state index is 12.5. The molecule has 0 radical (unpaired) electrons. The van der Waals surface area contributed by atoms with Crippen LogP contribution >= 0.6 is 0 Å². The molecule has 0 saturated carbocycles. The number of methoxy groups -OCH3 is 1. The van der Waals surface area contributed by atoms with Crippen LogP contribution in [-0.4, -0.2) is 35.0 Å². The monoisotopic (exact) mass is 219 g/mol. The molecule has 0 fully saturated rings. The Balaban J connectivity index is 2.78. The fraction of sp³-hybridized carbons (Fsp3) is 0.625. The van der Waals surface area contributed by atoms with Crippen molar-refractivity contribution in [2.75, 3.05) is 13.7 Å². The molecule has 0 amide bonds. The molecule has 0 unspecified atom stereocenters. The van der Waals surface area contributed by atoms with Gasteiger partial charge >= 0.3 is 0 Å². The number of ether oxygens (including phenoxy) is 1. The minimum atomic E-state index is -2.75. The molecule has 7 heteroatoms. The van der Waals surface area contributed by atoms with E-state index < -0.39 is 12.1 Å². The fourth-order valence-corrected chi connectivity index (χ4v) is 1.17. The highest BCUT2D eigenvalue weighted by molar-refractivity contribution is 5.73. The molecule has 0 aliphatic rings. The largest absolute Gasteiger partial charge is 0.385 e. The standard InChI is InChI=1S/C8H11F2N3O2/c1-15-4-2-3-13-7(8(9)10)6(5-14)11-12-13/h5,8H,2-4H2,1H3. The molecule has 0 atom stereocenters. The summed E-state index contributed by atoms with van der Waals surface area (Å²) in [5.41, 5.74) is -0.733. The molecule has 5 nitrogen and oxygen atoms in total. The zero-order valence-electron chi connectivity index (χ0n) is 8.19. The molecular weight excluding hydrogens is 208 g/mol. The van der Waals surface area contributed by atoms with Crippen molar-refractivity contribution in [3.05, 3.63) is 11.4 Å². The number of aromatic nitrogens is 3. The van der Waals surface area contributed by atoms with Crippen molar-refractivity contribution >= 4 is 6.29 Å². The number of carbonyl (C=O) groups is 1. The Morgan fingerprint density at radius 3 is 2.87 bits per heavy atom. The third-order valence-corrected chi connectivity index (χ3v) is 1.84. The van der Waals surface area contributed by atoms with Gasteiger partial charge in [-0.3, -0.25) is 4.79 Å². The van der Waals surface area contributed by atoms with Crippen LogP contribution in [0.5, 0.6) is 0 Å². The summed E-state index contributed by atoms with van der Waals surface area (Å²) >= 11 is 0. The summed E-state index contributed by atoms with van der Waals surface area (Å²) in [5.74, 6) is 0. The maximum absolute atomic E-state index is 12.5. The molecular formula is C8H11F2N3O2. The smallest absolute Gasteiger partial charge is 0.282 e. The van der Waals surface area contributed by atoms with Gasteiger partial charge in [-0.05, 0) is 6.42 Å². The highest BCUT2D eigenvalue weighted by Crippen LogP contribution is 2.20. The van der Waals surface area contributed by atoms with Crippen molar-refractivity contribution in [1.82, 2.24) is 15.0 Å². The SMILES string of the molecule is COCCCn1nnc(C=O)c1C(F)F. The highest BCUT2D eigenvalue weighted by atomic mass is 19.3. The van der Waals surface area contributed by atoms with E-state index in [4.69, 9.17) is 4.74 Å². The summed E-state index contributed by atoms with van der Waals surface area (Å²) in [6, 6.07) is 0. The summed E-state index contributed by atoms with van der Waals surface area (Å²) in [7, 11) is 1.52. The lowest BCUT2D eigenvalue weighted by Crippen LogP contribution is -2.08. The molecule has 0 bridgehead atoms.